The molecule has 1 atom stereocenters. The summed E-state index contributed by atoms with van der Waals surface area (Å²) < 4.78 is 0. The van der Waals surface area contributed by atoms with Crippen LogP contribution in [0, 0.1) is 11.8 Å². The van der Waals surface area contributed by atoms with Gasteiger partial charge in [-0.1, -0.05) is 39.8 Å². The third-order valence-electron chi connectivity index (χ3n) is 3.88. The third-order valence-corrected chi connectivity index (χ3v) is 3.88. The van der Waals surface area contributed by atoms with E-state index in [4.69, 9.17) is 5.11 Å². The number of amides is 3. The average Bonchev–Trinajstić information content (AvgIpc) is 2.58. The lowest BCUT2D eigenvalue weighted by Crippen LogP contribution is -2.47. The topological polar surface area (TPSA) is 125 Å². The highest BCUT2D eigenvalue weighted by Gasteiger charge is 2.24. The van der Waals surface area contributed by atoms with Crippen molar-refractivity contribution in [2.24, 2.45) is 11.8 Å². The molecule has 0 aliphatic rings. The molecule has 0 bridgehead atoms. The van der Waals surface area contributed by atoms with Gasteiger partial charge in [-0.2, -0.15) is 0 Å². The normalized spacial score (nSPS) is 11.8. The fourth-order valence-electron chi connectivity index (χ4n) is 2.49. The van der Waals surface area contributed by atoms with Crippen LogP contribution in [0.15, 0.2) is 24.3 Å². The number of aliphatic carboxylic acids is 1. The van der Waals surface area contributed by atoms with E-state index in [9.17, 15) is 19.2 Å². The zero-order valence-electron chi connectivity index (χ0n) is 16.7. The number of carboxylic acids is 1. The number of hydrogen-bond acceptors (Lipinski definition) is 4. The second kappa shape index (κ2) is 11.1. The largest absolute Gasteiger partial charge is 0.480 e. The Morgan fingerprint density at radius 1 is 0.964 bits per heavy atom. The third kappa shape index (κ3) is 8.66. The molecule has 0 heterocycles. The maximum absolute atomic E-state index is 12.5. The van der Waals surface area contributed by atoms with Crippen LogP contribution >= 0.6 is 0 Å². The summed E-state index contributed by atoms with van der Waals surface area (Å²) in [5.41, 5.74) is 1.23. The molecular formula is C20H29N3O5. The molecule has 1 aromatic rings. The van der Waals surface area contributed by atoms with Crippen LogP contribution in [0.25, 0.3) is 0 Å². The van der Waals surface area contributed by atoms with Gasteiger partial charge in [0.2, 0.25) is 17.7 Å². The number of hydrogen-bond donors (Lipinski definition) is 4. The van der Waals surface area contributed by atoms with Crippen molar-refractivity contribution in [2.75, 3.05) is 11.9 Å². The van der Waals surface area contributed by atoms with Crippen LogP contribution in [0.4, 0.5) is 5.69 Å². The van der Waals surface area contributed by atoms with E-state index in [1.165, 1.54) is 0 Å². The first-order valence-electron chi connectivity index (χ1n) is 9.26. The Kier molecular flexibility index (Phi) is 9.14. The molecule has 1 aromatic carbocycles. The molecule has 3 amide bonds. The SMILES string of the molecule is CC(C)CC(=O)NC(C(=O)Nc1ccc(CC(=O)NCC(=O)O)cc1)C(C)C. The first kappa shape index (κ1) is 23.1. The average molecular weight is 391 g/mol. The molecule has 28 heavy (non-hydrogen) atoms. The minimum atomic E-state index is -1.10. The number of anilines is 1. The Bertz CT molecular complexity index is 698. The first-order valence-corrected chi connectivity index (χ1v) is 9.26. The van der Waals surface area contributed by atoms with Gasteiger partial charge in [0.25, 0.3) is 0 Å². The van der Waals surface area contributed by atoms with Crippen molar-refractivity contribution in [3.63, 3.8) is 0 Å². The Morgan fingerprint density at radius 3 is 2.07 bits per heavy atom. The molecule has 0 aromatic heterocycles. The molecule has 0 spiro atoms. The predicted molar refractivity (Wildman–Crippen MR) is 106 cm³/mol. The molecule has 8 nitrogen and oxygen atoms in total. The van der Waals surface area contributed by atoms with Gasteiger partial charge in [0.1, 0.15) is 12.6 Å². The summed E-state index contributed by atoms with van der Waals surface area (Å²) >= 11 is 0. The second-order valence-electron chi connectivity index (χ2n) is 7.42. The number of carbonyl (C=O) groups is 4. The van der Waals surface area contributed by atoms with Gasteiger partial charge in [0.15, 0.2) is 0 Å². The van der Waals surface area contributed by atoms with E-state index in [0.29, 0.717) is 17.7 Å². The fourth-order valence-corrected chi connectivity index (χ4v) is 2.49. The van der Waals surface area contributed by atoms with Crippen LogP contribution in [-0.4, -0.2) is 41.4 Å². The maximum atomic E-state index is 12.5. The molecule has 0 aliphatic carbocycles. The Morgan fingerprint density at radius 2 is 1.57 bits per heavy atom. The summed E-state index contributed by atoms with van der Waals surface area (Å²) in [4.78, 5) is 46.6. The van der Waals surface area contributed by atoms with Crippen LogP contribution in [0.3, 0.4) is 0 Å². The van der Waals surface area contributed by atoms with Crippen molar-refractivity contribution >= 4 is 29.4 Å². The van der Waals surface area contributed by atoms with E-state index in [1.807, 2.05) is 27.7 Å². The molecule has 4 N–H and O–H groups in total. The zero-order valence-corrected chi connectivity index (χ0v) is 16.7. The molecular weight excluding hydrogens is 362 g/mol. The monoisotopic (exact) mass is 391 g/mol. The van der Waals surface area contributed by atoms with E-state index in [0.717, 1.165) is 0 Å². The highest BCUT2D eigenvalue weighted by molar-refractivity contribution is 5.97. The van der Waals surface area contributed by atoms with Crippen molar-refractivity contribution in [1.82, 2.24) is 10.6 Å². The lowest BCUT2D eigenvalue weighted by Gasteiger charge is -2.22. The summed E-state index contributed by atoms with van der Waals surface area (Å²) in [6.45, 7) is 7.17. The van der Waals surface area contributed by atoms with Crippen molar-refractivity contribution in [2.45, 2.75) is 46.6 Å². The van der Waals surface area contributed by atoms with Gasteiger partial charge in [-0.05, 0) is 29.5 Å². The van der Waals surface area contributed by atoms with Crippen molar-refractivity contribution in [3.8, 4) is 0 Å². The molecule has 0 aliphatic heterocycles. The minimum absolute atomic E-state index is 0.0430. The molecule has 0 saturated carbocycles. The summed E-state index contributed by atoms with van der Waals surface area (Å²) in [6.07, 6.45) is 0.399. The van der Waals surface area contributed by atoms with Gasteiger partial charge < -0.3 is 21.1 Å². The second-order valence-corrected chi connectivity index (χ2v) is 7.42. The lowest BCUT2D eigenvalue weighted by atomic mass is 10.0. The summed E-state index contributed by atoms with van der Waals surface area (Å²) in [6, 6.07) is 6.03. The van der Waals surface area contributed by atoms with Crippen LogP contribution < -0.4 is 16.0 Å². The van der Waals surface area contributed by atoms with E-state index in [1.54, 1.807) is 24.3 Å². The van der Waals surface area contributed by atoms with Crippen LogP contribution in [0.2, 0.25) is 0 Å². The minimum Gasteiger partial charge on any atom is -0.480 e. The number of carboxylic acid groups (broad SMARTS) is 1. The highest BCUT2D eigenvalue weighted by Crippen LogP contribution is 2.13. The van der Waals surface area contributed by atoms with Gasteiger partial charge in [-0.15, -0.1) is 0 Å². The predicted octanol–water partition coefficient (Wildman–Crippen LogP) is 1.56. The zero-order chi connectivity index (χ0) is 21.3. The smallest absolute Gasteiger partial charge is 0.322 e. The molecule has 0 saturated heterocycles. The number of benzene rings is 1. The maximum Gasteiger partial charge on any atom is 0.322 e. The van der Waals surface area contributed by atoms with Crippen molar-refractivity contribution < 1.29 is 24.3 Å². The Balaban J connectivity index is 2.65. The number of rotatable bonds is 10. The summed E-state index contributed by atoms with van der Waals surface area (Å²) in [5.74, 6) is -1.84. The molecule has 0 radical (unpaired) electrons. The van der Waals surface area contributed by atoms with Crippen LogP contribution in [0.1, 0.15) is 39.7 Å². The van der Waals surface area contributed by atoms with Crippen LogP contribution in [-0.2, 0) is 25.6 Å². The van der Waals surface area contributed by atoms with Gasteiger partial charge in [-0.3, -0.25) is 19.2 Å². The quantitative estimate of drug-likeness (QED) is 0.482. The number of nitrogens with one attached hydrogen (secondary N) is 3. The molecule has 0 fully saturated rings. The lowest BCUT2D eigenvalue weighted by molar-refractivity contribution is -0.137. The molecule has 1 rings (SSSR count). The van der Waals surface area contributed by atoms with Crippen LogP contribution in [0.5, 0.6) is 0 Å². The Labute approximate surface area is 165 Å². The van der Waals surface area contributed by atoms with E-state index in [-0.39, 0.29) is 30.1 Å². The van der Waals surface area contributed by atoms with Gasteiger partial charge in [-0.25, -0.2) is 0 Å². The van der Waals surface area contributed by atoms with Crippen molar-refractivity contribution in [3.05, 3.63) is 29.8 Å². The van der Waals surface area contributed by atoms with Gasteiger partial charge in [0, 0.05) is 12.1 Å². The van der Waals surface area contributed by atoms with E-state index >= 15 is 0 Å². The van der Waals surface area contributed by atoms with E-state index in [2.05, 4.69) is 16.0 Å². The first-order chi connectivity index (χ1) is 13.1. The Hall–Kier alpha value is -2.90. The standard InChI is InChI=1S/C20H29N3O5/c1-12(2)9-17(25)23-19(13(3)4)20(28)22-15-7-5-14(6-8-15)10-16(24)21-11-18(26)27/h5-8,12-13,19H,9-11H2,1-4H3,(H,21,24)(H,22,28)(H,23,25)(H,26,27). The van der Waals surface area contributed by atoms with Crippen molar-refractivity contribution in [1.29, 1.82) is 0 Å². The number of carbonyl (C=O) groups excluding carboxylic acids is 3. The van der Waals surface area contributed by atoms with Gasteiger partial charge >= 0.3 is 5.97 Å². The fraction of sp³-hybridized carbons (Fsp3) is 0.500. The molecule has 1 unspecified atom stereocenters. The molecule has 154 valence electrons. The summed E-state index contributed by atoms with van der Waals surface area (Å²) in [5, 5.41) is 16.4. The van der Waals surface area contributed by atoms with E-state index < -0.39 is 24.5 Å². The molecule has 8 heteroatoms. The highest BCUT2D eigenvalue weighted by atomic mass is 16.4. The summed E-state index contributed by atoms with van der Waals surface area (Å²) in [7, 11) is 0. The van der Waals surface area contributed by atoms with Gasteiger partial charge in [0.05, 0.1) is 6.42 Å².